The van der Waals surface area contributed by atoms with Gasteiger partial charge in [-0.15, -0.1) is 0 Å². The molecule has 0 aromatic heterocycles. The predicted octanol–water partition coefficient (Wildman–Crippen LogP) is 8.33. The fraction of sp³-hybridized carbons (Fsp3) is 0.600. The van der Waals surface area contributed by atoms with Crippen molar-refractivity contribution in [1.29, 1.82) is 0 Å². The Hall–Kier alpha value is -1.80. The number of benzene rings is 1. The molecule has 2 heteroatoms. The molecule has 1 atom stereocenters. The van der Waals surface area contributed by atoms with Crippen LogP contribution in [0.3, 0.4) is 0 Å². The van der Waals surface area contributed by atoms with E-state index in [1.54, 1.807) is 0 Å². The van der Waals surface area contributed by atoms with E-state index in [1.807, 2.05) is 6.92 Å². The summed E-state index contributed by atoms with van der Waals surface area (Å²) in [5.74, 6) is 1.18. The van der Waals surface area contributed by atoms with Crippen LogP contribution in [0.15, 0.2) is 34.9 Å². The van der Waals surface area contributed by atoms with E-state index in [9.17, 15) is 5.11 Å². The smallest absolute Gasteiger partial charge is 0.122 e. The Morgan fingerprint density at radius 1 is 0.750 bits per heavy atom. The molecule has 1 unspecified atom stereocenters. The van der Waals surface area contributed by atoms with E-state index >= 15 is 0 Å². The normalized spacial score (nSPS) is 14.2. The number of phenolic OH excluding ortho intramolecular Hbond substituents is 1. The van der Waals surface area contributed by atoms with Crippen LogP contribution in [0.4, 0.5) is 0 Å². The molecular formula is C30H49NO. The van der Waals surface area contributed by atoms with Crippen molar-refractivity contribution in [2.45, 2.75) is 107 Å². The van der Waals surface area contributed by atoms with E-state index in [0.29, 0.717) is 18.2 Å². The zero-order valence-electron chi connectivity index (χ0n) is 22.2. The van der Waals surface area contributed by atoms with Crippen LogP contribution in [0.2, 0.25) is 0 Å². The van der Waals surface area contributed by atoms with Gasteiger partial charge in [0.2, 0.25) is 0 Å². The maximum Gasteiger partial charge on any atom is 0.122 e. The molecule has 1 aromatic carbocycles. The molecule has 0 aliphatic carbocycles. The van der Waals surface area contributed by atoms with E-state index in [-0.39, 0.29) is 0 Å². The highest BCUT2D eigenvalue weighted by Gasteiger charge is 2.15. The summed E-state index contributed by atoms with van der Waals surface area (Å²) < 4.78 is 0. The van der Waals surface area contributed by atoms with Crippen LogP contribution in [0.25, 0.3) is 0 Å². The lowest BCUT2D eigenvalue weighted by Gasteiger charge is -2.18. The van der Waals surface area contributed by atoms with Gasteiger partial charge in [-0.25, -0.2) is 0 Å². The second kappa shape index (κ2) is 14.4. The molecule has 1 rings (SSSR count). The predicted molar refractivity (Wildman–Crippen MR) is 143 cm³/mol. The van der Waals surface area contributed by atoms with E-state index < -0.39 is 0 Å². The summed E-state index contributed by atoms with van der Waals surface area (Å²) in [4.78, 5) is 0. The summed E-state index contributed by atoms with van der Waals surface area (Å²) in [6.07, 6.45) is 16.0. The Morgan fingerprint density at radius 2 is 1.25 bits per heavy atom. The molecule has 0 amide bonds. The third-order valence-corrected chi connectivity index (χ3v) is 7.21. The van der Waals surface area contributed by atoms with Gasteiger partial charge in [0.1, 0.15) is 5.75 Å². The summed E-state index contributed by atoms with van der Waals surface area (Å²) >= 11 is 0. The van der Waals surface area contributed by atoms with Gasteiger partial charge >= 0.3 is 0 Å². The Bertz CT molecular complexity index is 797. The van der Waals surface area contributed by atoms with Crippen LogP contribution in [-0.2, 0) is 6.42 Å². The van der Waals surface area contributed by atoms with Gasteiger partial charge in [0.05, 0.1) is 0 Å². The van der Waals surface area contributed by atoms with Crippen LogP contribution >= 0.6 is 0 Å². The van der Waals surface area contributed by atoms with E-state index in [1.165, 1.54) is 39.8 Å². The number of hydrogen-bond acceptors (Lipinski definition) is 2. The van der Waals surface area contributed by atoms with E-state index in [0.717, 1.165) is 56.1 Å². The van der Waals surface area contributed by atoms with Crippen molar-refractivity contribution >= 4 is 0 Å². The number of hydrogen-bond donors (Lipinski definition) is 2. The van der Waals surface area contributed by atoms with Crippen LogP contribution in [0, 0.1) is 33.6 Å². The second-order valence-electron chi connectivity index (χ2n) is 9.98. The van der Waals surface area contributed by atoms with Crippen molar-refractivity contribution in [3.8, 4) is 5.75 Å². The maximum absolute atomic E-state index is 10.6. The fourth-order valence-corrected chi connectivity index (χ4v) is 4.21. The second-order valence-corrected chi connectivity index (χ2v) is 9.98. The lowest BCUT2D eigenvalue weighted by atomic mass is 9.88. The van der Waals surface area contributed by atoms with Crippen LogP contribution in [0.1, 0.15) is 100 Å². The van der Waals surface area contributed by atoms with Gasteiger partial charge in [0.25, 0.3) is 0 Å². The highest BCUT2D eigenvalue weighted by molar-refractivity contribution is 5.53. The molecule has 1 aromatic rings. The van der Waals surface area contributed by atoms with Crippen molar-refractivity contribution in [2.75, 3.05) is 6.54 Å². The fourth-order valence-electron chi connectivity index (χ4n) is 4.21. The minimum absolute atomic E-state index is 0.516. The molecule has 2 nitrogen and oxygen atoms in total. The van der Waals surface area contributed by atoms with Gasteiger partial charge < -0.3 is 10.8 Å². The van der Waals surface area contributed by atoms with Gasteiger partial charge in [-0.05, 0) is 134 Å². The first-order chi connectivity index (χ1) is 15.1. The first kappa shape index (κ1) is 28.2. The number of phenols is 1. The summed E-state index contributed by atoms with van der Waals surface area (Å²) in [5.41, 5.74) is 15.9. The molecule has 0 bridgehead atoms. The van der Waals surface area contributed by atoms with Crippen LogP contribution in [-0.4, -0.2) is 11.7 Å². The number of nitrogens with two attached hydrogens (primary N) is 1. The Labute approximate surface area is 198 Å². The summed E-state index contributed by atoms with van der Waals surface area (Å²) in [5, 5.41) is 10.6. The molecular weight excluding hydrogens is 390 g/mol. The molecule has 0 saturated heterocycles. The van der Waals surface area contributed by atoms with E-state index in [4.69, 9.17) is 5.73 Å². The molecule has 3 N–H and O–H groups in total. The van der Waals surface area contributed by atoms with Gasteiger partial charge in [-0.2, -0.15) is 0 Å². The molecule has 0 spiro atoms. The van der Waals surface area contributed by atoms with Crippen molar-refractivity contribution in [3.05, 3.63) is 62.8 Å². The average molecular weight is 440 g/mol. The molecule has 0 heterocycles. The molecule has 0 aliphatic heterocycles. The van der Waals surface area contributed by atoms with Crippen molar-refractivity contribution in [1.82, 2.24) is 0 Å². The topological polar surface area (TPSA) is 46.2 Å². The Morgan fingerprint density at radius 3 is 1.81 bits per heavy atom. The third-order valence-electron chi connectivity index (χ3n) is 7.21. The molecule has 180 valence electrons. The molecule has 0 radical (unpaired) electrons. The largest absolute Gasteiger partial charge is 0.507 e. The van der Waals surface area contributed by atoms with Gasteiger partial charge in [0.15, 0.2) is 0 Å². The summed E-state index contributed by atoms with van der Waals surface area (Å²) in [6, 6.07) is 0. The minimum atomic E-state index is 0.516. The van der Waals surface area contributed by atoms with Gasteiger partial charge in [-0.1, -0.05) is 41.9 Å². The highest BCUT2D eigenvalue weighted by Crippen LogP contribution is 2.33. The SMILES string of the molecule is C/C(=C\CC/C(C)=C/CC/C(C)=C/CCC(C)CCc1c(C)c(C)c(C)c(C)c1O)CN. The summed E-state index contributed by atoms with van der Waals surface area (Å²) in [7, 11) is 0. The van der Waals surface area contributed by atoms with Crippen molar-refractivity contribution in [3.63, 3.8) is 0 Å². The molecule has 32 heavy (non-hydrogen) atoms. The number of aromatic hydroxyl groups is 1. The first-order valence-corrected chi connectivity index (χ1v) is 12.5. The van der Waals surface area contributed by atoms with Crippen LogP contribution in [0.5, 0.6) is 5.75 Å². The number of allylic oxidation sites excluding steroid dienone is 5. The van der Waals surface area contributed by atoms with Crippen molar-refractivity contribution in [2.24, 2.45) is 11.7 Å². The zero-order chi connectivity index (χ0) is 24.3. The standard InChI is InChI=1S/C30H49NO/c1-21(12-9-13-22(2)15-11-17-24(4)20-31)14-10-16-23(3)18-19-29-27(7)25(5)26(6)28(8)30(29)32/h13-14,17,23,32H,9-12,15-16,18-20,31H2,1-8H3/b21-14+,22-13+,24-17+. The lowest BCUT2D eigenvalue weighted by molar-refractivity contribution is 0.450. The molecule has 0 saturated carbocycles. The third kappa shape index (κ3) is 9.36. The van der Waals surface area contributed by atoms with Gasteiger partial charge in [-0.3, -0.25) is 0 Å². The molecule has 0 fully saturated rings. The summed E-state index contributed by atoms with van der Waals surface area (Å²) in [6.45, 7) is 18.1. The Kier molecular flexibility index (Phi) is 12.7. The van der Waals surface area contributed by atoms with Crippen LogP contribution < -0.4 is 5.73 Å². The Balaban J connectivity index is 2.41. The molecule has 0 aliphatic rings. The zero-order valence-corrected chi connectivity index (χ0v) is 22.2. The highest BCUT2D eigenvalue weighted by atomic mass is 16.3. The maximum atomic E-state index is 10.6. The van der Waals surface area contributed by atoms with Crippen molar-refractivity contribution < 1.29 is 5.11 Å². The quantitative estimate of drug-likeness (QED) is 0.303. The number of rotatable bonds is 13. The monoisotopic (exact) mass is 439 g/mol. The first-order valence-electron chi connectivity index (χ1n) is 12.5. The van der Waals surface area contributed by atoms with Gasteiger partial charge in [0, 0.05) is 6.54 Å². The van der Waals surface area contributed by atoms with E-state index in [2.05, 4.69) is 66.7 Å². The average Bonchev–Trinajstić information content (AvgIpc) is 2.76. The lowest BCUT2D eigenvalue weighted by Crippen LogP contribution is -2.03. The minimum Gasteiger partial charge on any atom is -0.507 e.